The molecule has 2 N–H and O–H groups in total. The van der Waals surface area contributed by atoms with Crippen molar-refractivity contribution in [3.63, 3.8) is 0 Å². The standard InChI is InChI=1S/C18H27N5O4S/c1-21(2)28(26,27)23-10-8-22(9-11-23)13-17(24)19-16-5-3-4-14(12-16)18(25)20-15-6-7-15/h3-5,12,15H,6-11,13H2,1-2H3,(H,19,24)(H,20,25). The lowest BCUT2D eigenvalue weighted by molar-refractivity contribution is -0.117. The van der Waals surface area contributed by atoms with Crippen molar-refractivity contribution in [2.24, 2.45) is 0 Å². The fourth-order valence-electron chi connectivity index (χ4n) is 2.99. The first-order valence-corrected chi connectivity index (χ1v) is 10.8. The maximum atomic E-state index is 12.3. The van der Waals surface area contributed by atoms with Crippen LogP contribution in [0.15, 0.2) is 24.3 Å². The fourth-order valence-corrected chi connectivity index (χ4v) is 4.07. The molecule has 1 saturated carbocycles. The van der Waals surface area contributed by atoms with Crippen LogP contribution in [-0.2, 0) is 15.0 Å². The smallest absolute Gasteiger partial charge is 0.281 e. The summed E-state index contributed by atoms with van der Waals surface area (Å²) in [5, 5.41) is 5.74. The van der Waals surface area contributed by atoms with E-state index in [1.165, 1.54) is 22.7 Å². The minimum atomic E-state index is -3.42. The van der Waals surface area contributed by atoms with Gasteiger partial charge in [0.25, 0.3) is 16.1 Å². The molecule has 1 aliphatic carbocycles. The van der Waals surface area contributed by atoms with Crippen LogP contribution in [0.25, 0.3) is 0 Å². The number of amides is 2. The lowest BCUT2D eigenvalue weighted by atomic mass is 10.2. The Hall–Kier alpha value is -2.01. The van der Waals surface area contributed by atoms with Crippen LogP contribution in [0.4, 0.5) is 5.69 Å². The molecule has 2 aliphatic rings. The fraction of sp³-hybridized carbons (Fsp3) is 0.556. The zero-order valence-electron chi connectivity index (χ0n) is 16.2. The van der Waals surface area contributed by atoms with Gasteiger partial charge in [-0.2, -0.15) is 17.0 Å². The van der Waals surface area contributed by atoms with E-state index >= 15 is 0 Å². The Kier molecular flexibility index (Phi) is 6.33. The second kappa shape index (κ2) is 8.56. The third-order valence-corrected chi connectivity index (χ3v) is 6.75. The van der Waals surface area contributed by atoms with E-state index in [0.29, 0.717) is 37.4 Å². The van der Waals surface area contributed by atoms with Gasteiger partial charge in [0, 0.05) is 57.6 Å². The number of rotatable bonds is 7. The topological polar surface area (TPSA) is 102 Å². The molecule has 9 nitrogen and oxygen atoms in total. The van der Waals surface area contributed by atoms with E-state index in [1.54, 1.807) is 24.3 Å². The highest BCUT2D eigenvalue weighted by Crippen LogP contribution is 2.20. The first kappa shape index (κ1) is 20.7. The van der Waals surface area contributed by atoms with Crippen LogP contribution in [0.2, 0.25) is 0 Å². The van der Waals surface area contributed by atoms with Gasteiger partial charge in [-0.05, 0) is 31.0 Å². The van der Waals surface area contributed by atoms with Gasteiger partial charge in [0.05, 0.1) is 6.54 Å². The third kappa shape index (κ3) is 5.28. The van der Waals surface area contributed by atoms with E-state index in [-0.39, 0.29) is 24.4 Å². The van der Waals surface area contributed by atoms with Gasteiger partial charge in [0.15, 0.2) is 0 Å². The SMILES string of the molecule is CN(C)S(=O)(=O)N1CCN(CC(=O)Nc2cccc(C(=O)NC3CC3)c2)CC1. The molecule has 2 amide bonds. The molecule has 3 rings (SSSR count). The second-order valence-electron chi connectivity index (χ2n) is 7.34. The summed E-state index contributed by atoms with van der Waals surface area (Å²) >= 11 is 0. The minimum Gasteiger partial charge on any atom is -0.349 e. The van der Waals surface area contributed by atoms with Crippen molar-refractivity contribution >= 4 is 27.7 Å². The summed E-state index contributed by atoms with van der Waals surface area (Å²) in [6, 6.07) is 7.14. The molecule has 1 heterocycles. The summed E-state index contributed by atoms with van der Waals surface area (Å²) < 4.78 is 26.9. The second-order valence-corrected chi connectivity index (χ2v) is 9.48. The minimum absolute atomic E-state index is 0.128. The number of benzene rings is 1. The van der Waals surface area contributed by atoms with Crippen molar-refractivity contribution in [3.8, 4) is 0 Å². The number of hydrogen-bond donors (Lipinski definition) is 2. The first-order chi connectivity index (χ1) is 13.3. The number of piperazine rings is 1. The maximum Gasteiger partial charge on any atom is 0.281 e. The van der Waals surface area contributed by atoms with Crippen LogP contribution in [0.5, 0.6) is 0 Å². The highest BCUT2D eigenvalue weighted by Gasteiger charge is 2.29. The lowest BCUT2D eigenvalue weighted by Crippen LogP contribution is -2.52. The van der Waals surface area contributed by atoms with E-state index in [0.717, 1.165) is 12.8 Å². The van der Waals surface area contributed by atoms with Gasteiger partial charge < -0.3 is 10.6 Å². The molecule has 154 valence electrons. The summed E-state index contributed by atoms with van der Waals surface area (Å²) in [7, 11) is -0.400. The Balaban J connectivity index is 1.49. The quantitative estimate of drug-likeness (QED) is 0.657. The molecule has 1 aromatic rings. The molecular formula is C18H27N5O4S. The number of hydrogen-bond acceptors (Lipinski definition) is 5. The Morgan fingerprint density at radius 1 is 1.14 bits per heavy atom. The van der Waals surface area contributed by atoms with Crippen LogP contribution in [0.1, 0.15) is 23.2 Å². The highest BCUT2D eigenvalue weighted by atomic mass is 32.2. The summed E-state index contributed by atoms with van der Waals surface area (Å²) in [5.41, 5.74) is 1.09. The molecule has 0 aromatic heterocycles. The van der Waals surface area contributed by atoms with Gasteiger partial charge in [-0.25, -0.2) is 0 Å². The van der Waals surface area contributed by atoms with Crippen molar-refractivity contribution in [1.29, 1.82) is 0 Å². The lowest BCUT2D eigenvalue weighted by Gasteiger charge is -2.34. The molecule has 0 spiro atoms. The van der Waals surface area contributed by atoms with Gasteiger partial charge >= 0.3 is 0 Å². The number of nitrogens with zero attached hydrogens (tertiary/aromatic N) is 3. The van der Waals surface area contributed by atoms with E-state index in [2.05, 4.69) is 10.6 Å². The Morgan fingerprint density at radius 3 is 2.43 bits per heavy atom. The van der Waals surface area contributed by atoms with Crippen LogP contribution in [-0.4, -0.2) is 86.6 Å². The van der Waals surface area contributed by atoms with Gasteiger partial charge in [-0.1, -0.05) is 6.07 Å². The van der Waals surface area contributed by atoms with Crippen LogP contribution in [0.3, 0.4) is 0 Å². The van der Waals surface area contributed by atoms with Crippen LogP contribution >= 0.6 is 0 Å². The molecule has 0 atom stereocenters. The van der Waals surface area contributed by atoms with Gasteiger partial charge in [0.2, 0.25) is 5.91 Å². The molecule has 10 heteroatoms. The van der Waals surface area contributed by atoms with Crippen molar-refractivity contribution < 1.29 is 18.0 Å². The van der Waals surface area contributed by atoms with Crippen LogP contribution in [0, 0.1) is 0 Å². The molecule has 28 heavy (non-hydrogen) atoms. The predicted molar refractivity (Wildman–Crippen MR) is 106 cm³/mol. The Bertz CT molecular complexity index is 830. The monoisotopic (exact) mass is 409 g/mol. The normalized spacial score (nSPS) is 18.8. The van der Waals surface area contributed by atoms with Gasteiger partial charge in [0.1, 0.15) is 0 Å². The predicted octanol–water partition coefficient (Wildman–Crippen LogP) is -0.0587. The number of carbonyl (C=O) groups excluding carboxylic acids is 2. The van der Waals surface area contributed by atoms with Crippen molar-refractivity contribution in [3.05, 3.63) is 29.8 Å². The highest BCUT2D eigenvalue weighted by molar-refractivity contribution is 7.86. The van der Waals surface area contributed by atoms with E-state index in [9.17, 15) is 18.0 Å². The van der Waals surface area contributed by atoms with E-state index in [1.807, 2.05) is 4.90 Å². The molecular weight excluding hydrogens is 382 g/mol. The third-order valence-electron chi connectivity index (χ3n) is 4.81. The molecule has 1 saturated heterocycles. The number of carbonyl (C=O) groups is 2. The van der Waals surface area contributed by atoms with Gasteiger partial charge in [-0.3, -0.25) is 14.5 Å². The average Bonchev–Trinajstić information content (AvgIpc) is 3.46. The van der Waals surface area contributed by atoms with Crippen LogP contribution < -0.4 is 10.6 Å². The molecule has 1 aromatic carbocycles. The van der Waals surface area contributed by atoms with Crippen molar-refractivity contribution in [2.75, 3.05) is 52.1 Å². The Labute approximate surface area is 165 Å². The molecule has 0 bridgehead atoms. The number of anilines is 1. The summed E-state index contributed by atoms with van der Waals surface area (Å²) in [6.45, 7) is 1.86. The summed E-state index contributed by atoms with van der Waals surface area (Å²) in [6.07, 6.45) is 2.04. The zero-order valence-corrected chi connectivity index (χ0v) is 17.0. The molecule has 2 fully saturated rings. The summed E-state index contributed by atoms with van der Waals surface area (Å²) in [4.78, 5) is 26.4. The Morgan fingerprint density at radius 2 is 1.82 bits per heavy atom. The molecule has 0 radical (unpaired) electrons. The number of nitrogens with one attached hydrogen (secondary N) is 2. The van der Waals surface area contributed by atoms with Gasteiger partial charge in [-0.15, -0.1) is 0 Å². The van der Waals surface area contributed by atoms with Crippen molar-refractivity contribution in [1.82, 2.24) is 18.8 Å². The summed E-state index contributed by atoms with van der Waals surface area (Å²) in [5.74, 6) is -0.319. The largest absolute Gasteiger partial charge is 0.349 e. The molecule has 0 unspecified atom stereocenters. The van der Waals surface area contributed by atoms with Crippen molar-refractivity contribution in [2.45, 2.75) is 18.9 Å². The average molecular weight is 410 g/mol. The first-order valence-electron chi connectivity index (χ1n) is 9.36. The molecule has 1 aliphatic heterocycles. The zero-order chi connectivity index (χ0) is 20.3. The maximum absolute atomic E-state index is 12.3. The van der Waals surface area contributed by atoms with E-state index < -0.39 is 10.2 Å². The van der Waals surface area contributed by atoms with E-state index in [4.69, 9.17) is 0 Å².